The molecule has 2 aromatic rings. The van der Waals surface area contributed by atoms with E-state index in [9.17, 15) is 4.79 Å². The molecule has 0 heterocycles. The Hall–Kier alpha value is -2.42. The molecule has 138 valence electrons. The minimum absolute atomic E-state index is 0.0831. The Balaban J connectivity index is 2.61. The number of hydrogen-bond acceptors (Lipinski definition) is 2. The Bertz CT molecular complexity index is 836. The Kier molecular flexibility index (Phi) is 6.36. The fourth-order valence-electron chi connectivity index (χ4n) is 3.16. The van der Waals surface area contributed by atoms with Crippen molar-refractivity contribution < 1.29 is 4.79 Å². The molecule has 3 heteroatoms. The molecule has 0 aliphatic rings. The average molecular weight is 351 g/mol. The van der Waals surface area contributed by atoms with Crippen molar-refractivity contribution in [1.29, 1.82) is 0 Å². The van der Waals surface area contributed by atoms with Crippen molar-refractivity contribution in [3.8, 4) is 0 Å². The molecule has 0 fully saturated rings. The monoisotopic (exact) mass is 350 g/mol. The van der Waals surface area contributed by atoms with Crippen LogP contribution in [-0.2, 0) is 4.79 Å². The lowest BCUT2D eigenvalue weighted by Crippen LogP contribution is -2.21. The zero-order valence-corrected chi connectivity index (χ0v) is 17.1. The highest BCUT2D eigenvalue weighted by molar-refractivity contribution is 6.14. The minimum atomic E-state index is -0.0831. The first-order valence-corrected chi connectivity index (χ1v) is 9.26. The van der Waals surface area contributed by atoms with E-state index in [1.807, 2.05) is 0 Å². The van der Waals surface area contributed by atoms with Crippen LogP contribution >= 0.6 is 0 Å². The number of carbonyl (C=O) groups excluding carboxylic acids is 1. The van der Waals surface area contributed by atoms with E-state index in [2.05, 4.69) is 76.1 Å². The Morgan fingerprint density at radius 2 is 1.77 bits per heavy atom. The van der Waals surface area contributed by atoms with Gasteiger partial charge in [-0.1, -0.05) is 49.7 Å². The number of benzene rings is 2. The lowest BCUT2D eigenvalue weighted by atomic mass is 9.90. The van der Waals surface area contributed by atoms with Crippen molar-refractivity contribution in [3.05, 3.63) is 69.8 Å². The molecular weight excluding hydrogens is 320 g/mol. The minimum Gasteiger partial charge on any atom is -0.273 e. The van der Waals surface area contributed by atoms with E-state index in [1.54, 1.807) is 7.05 Å². The second kappa shape index (κ2) is 8.31. The van der Waals surface area contributed by atoms with E-state index in [0.29, 0.717) is 5.92 Å². The van der Waals surface area contributed by atoms with Crippen LogP contribution in [0.3, 0.4) is 0 Å². The maximum absolute atomic E-state index is 11.7. The van der Waals surface area contributed by atoms with Crippen molar-refractivity contribution in [2.24, 2.45) is 5.10 Å². The predicted molar refractivity (Wildman–Crippen MR) is 110 cm³/mol. The van der Waals surface area contributed by atoms with E-state index < -0.39 is 0 Å². The maximum atomic E-state index is 11.7. The Morgan fingerprint density at radius 3 is 2.31 bits per heavy atom. The van der Waals surface area contributed by atoms with E-state index in [-0.39, 0.29) is 5.91 Å². The zero-order valence-electron chi connectivity index (χ0n) is 17.1. The van der Waals surface area contributed by atoms with Gasteiger partial charge in [-0.05, 0) is 55.9 Å². The van der Waals surface area contributed by atoms with Crippen LogP contribution in [0.2, 0.25) is 0 Å². The number of amides is 1. The number of carbonyl (C=O) groups is 1. The van der Waals surface area contributed by atoms with Gasteiger partial charge in [0, 0.05) is 25.1 Å². The van der Waals surface area contributed by atoms with Gasteiger partial charge in [0.05, 0.1) is 5.71 Å². The van der Waals surface area contributed by atoms with E-state index >= 15 is 0 Å². The molecule has 2 aromatic carbocycles. The quantitative estimate of drug-likeness (QED) is 0.528. The summed E-state index contributed by atoms with van der Waals surface area (Å²) in [6.45, 7) is 12.3. The molecule has 3 nitrogen and oxygen atoms in total. The van der Waals surface area contributed by atoms with Crippen LogP contribution in [0.4, 0.5) is 0 Å². The van der Waals surface area contributed by atoms with Crippen molar-refractivity contribution in [2.75, 3.05) is 7.05 Å². The summed E-state index contributed by atoms with van der Waals surface area (Å²) in [5.41, 5.74) is 7.93. The van der Waals surface area contributed by atoms with Crippen LogP contribution in [0, 0.1) is 20.8 Å². The second-order valence-electron chi connectivity index (χ2n) is 7.19. The van der Waals surface area contributed by atoms with Gasteiger partial charge in [-0.25, -0.2) is 5.01 Å². The predicted octanol–water partition coefficient (Wildman–Crippen LogP) is 5.36. The van der Waals surface area contributed by atoms with Crippen LogP contribution < -0.4 is 0 Å². The fraction of sp³-hybridized carbons (Fsp3) is 0.391. The third-order valence-electron chi connectivity index (χ3n) is 5.03. The van der Waals surface area contributed by atoms with E-state index in [4.69, 9.17) is 0 Å². The highest BCUT2D eigenvalue weighted by atomic mass is 16.2. The molecule has 0 saturated carbocycles. The first-order chi connectivity index (χ1) is 12.2. The van der Waals surface area contributed by atoms with Gasteiger partial charge in [0.1, 0.15) is 0 Å². The van der Waals surface area contributed by atoms with E-state index in [1.165, 1.54) is 28.6 Å². The molecule has 1 amide bonds. The summed E-state index contributed by atoms with van der Waals surface area (Å²) in [5, 5.41) is 6.05. The molecule has 0 spiro atoms. The fourth-order valence-corrected chi connectivity index (χ4v) is 3.16. The largest absolute Gasteiger partial charge is 0.273 e. The van der Waals surface area contributed by atoms with Gasteiger partial charge in [-0.15, -0.1) is 0 Å². The summed E-state index contributed by atoms with van der Waals surface area (Å²) in [4.78, 5) is 11.7. The highest BCUT2D eigenvalue weighted by Crippen LogP contribution is 2.25. The van der Waals surface area contributed by atoms with Gasteiger partial charge < -0.3 is 0 Å². The molecule has 0 saturated heterocycles. The molecule has 0 aromatic heterocycles. The first kappa shape index (κ1) is 19.9. The van der Waals surface area contributed by atoms with Crippen LogP contribution in [0.5, 0.6) is 0 Å². The van der Waals surface area contributed by atoms with Gasteiger partial charge >= 0.3 is 0 Å². The molecule has 0 aliphatic carbocycles. The average Bonchev–Trinajstić information content (AvgIpc) is 2.59. The van der Waals surface area contributed by atoms with E-state index in [0.717, 1.165) is 28.8 Å². The molecule has 1 atom stereocenters. The molecule has 0 bridgehead atoms. The summed E-state index contributed by atoms with van der Waals surface area (Å²) in [7, 11) is 1.70. The molecule has 26 heavy (non-hydrogen) atoms. The number of nitrogens with zero attached hydrogens (tertiary/aromatic N) is 2. The lowest BCUT2D eigenvalue weighted by Gasteiger charge is -2.18. The van der Waals surface area contributed by atoms with Crippen LogP contribution in [0.1, 0.15) is 66.5 Å². The summed E-state index contributed by atoms with van der Waals surface area (Å²) in [6, 6.07) is 12.8. The van der Waals surface area contributed by atoms with Crippen LogP contribution in [0.25, 0.3) is 0 Å². The van der Waals surface area contributed by atoms with Crippen molar-refractivity contribution in [1.82, 2.24) is 5.01 Å². The van der Waals surface area contributed by atoms with Gasteiger partial charge in [-0.3, -0.25) is 4.79 Å². The lowest BCUT2D eigenvalue weighted by molar-refractivity contribution is -0.127. The summed E-state index contributed by atoms with van der Waals surface area (Å²) >= 11 is 0. The Morgan fingerprint density at radius 1 is 1.08 bits per heavy atom. The Labute approximate surface area is 157 Å². The topological polar surface area (TPSA) is 32.7 Å². The molecule has 0 N–H and O–H groups in total. The van der Waals surface area contributed by atoms with Gasteiger partial charge in [0.25, 0.3) is 0 Å². The van der Waals surface area contributed by atoms with Gasteiger partial charge in [-0.2, -0.15) is 5.10 Å². The molecule has 1 unspecified atom stereocenters. The SMILES string of the molecule is CCC(C)c1ccc(C(=NN(C)C(C)=O)c2ccc(C)cc2C)cc1C. The molecular formula is C23H30N2O. The third kappa shape index (κ3) is 4.40. The number of aryl methyl sites for hydroxylation is 3. The molecule has 0 radical (unpaired) electrons. The number of hydrazone groups is 1. The van der Waals surface area contributed by atoms with Crippen LogP contribution in [0.15, 0.2) is 41.5 Å². The van der Waals surface area contributed by atoms with Crippen molar-refractivity contribution in [3.63, 3.8) is 0 Å². The summed E-state index contributed by atoms with van der Waals surface area (Å²) < 4.78 is 0. The van der Waals surface area contributed by atoms with Gasteiger partial charge in [0.15, 0.2) is 0 Å². The summed E-state index contributed by atoms with van der Waals surface area (Å²) in [5.74, 6) is 0.450. The third-order valence-corrected chi connectivity index (χ3v) is 5.03. The highest BCUT2D eigenvalue weighted by Gasteiger charge is 2.15. The maximum Gasteiger partial charge on any atom is 0.239 e. The van der Waals surface area contributed by atoms with Crippen molar-refractivity contribution >= 4 is 11.6 Å². The number of hydrogen-bond donors (Lipinski definition) is 0. The smallest absolute Gasteiger partial charge is 0.239 e. The number of rotatable bonds is 5. The summed E-state index contributed by atoms with van der Waals surface area (Å²) in [6.07, 6.45) is 1.12. The van der Waals surface area contributed by atoms with Crippen molar-refractivity contribution in [2.45, 2.75) is 53.9 Å². The molecule has 2 rings (SSSR count). The van der Waals surface area contributed by atoms with Crippen LogP contribution in [-0.4, -0.2) is 23.7 Å². The molecule has 0 aliphatic heterocycles. The standard InChI is InChI=1S/C23H30N2O/c1-8-16(3)21-12-10-20(14-18(21)5)23(24-25(7)19(6)26)22-11-9-15(2)13-17(22)4/h9-14,16H,8H2,1-7H3. The zero-order chi connectivity index (χ0) is 19.4. The first-order valence-electron chi connectivity index (χ1n) is 9.26. The van der Waals surface area contributed by atoms with Gasteiger partial charge in [0.2, 0.25) is 5.91 Å². The normalized spacial score (nSPS) is 12.8. The second-order valence-corrected chi connectivity index (χ2v) is 7.19.